The fraction of sp³-hybridized carbons (Fsp3) is 0.278. The van der Waals surface area contributed by atoms with Gasteiger partial charge in [-0.1, -0.05) is 30.3 Å². The molecule has 0 aliphatic carbocycles. The molecule has 0 unspecified atom stereocenters. The first-order valence-electron chi connectivity index (χ1n) is 8.04. The molecular formula is C18H20N2O5S. The van der Waals surface area contributed by atoms with Crippen molar-refractivity contribution in [1.29, 1.82) is 0 Å². The second kappa shape index (κ2) is 9.10. The van der Waals surface area contributed by atoms with Crippen LogP contribution < -0.4 is 4.72 Å². The quantitative estimate of drug-likeness (QED) is 0.558. The van der Waals surface area contributed by atoms with E-state index in [1.165, 1.54) is 19.2 Å². The minimum atomic E-state index is -3.73. The zero-order chi connectivity index (χ0) is 19.0. The lowest BCUT2D eigenvalue weighted by atomic mass is 10.1. The summed E-state index contributed by atoms with van der Waals surface area (Å²) in [4.78, 5) is 27.1. The fourth-order valence-corrected chi connectivity index (χ4v) is 3.36. The smallest absolute Gasteiger partial charge is 0.356 e. The molecule has 0 radical (unpaired) electrons. The van der Waals surface area contributed by atoms with Gasteiger partial charge in [-0.05, 0) is 37.0 Å². The van der Waals surface area contributed by atoms with Crippen LogP contribution in [0.4, 0.5) is 0 Å². The van der Waals surface area contributed by atoms with Gasteiger partial charge in [0.25, 0.3) is 5.91 Å². The molecule has 0 aliphatic heterocycles. The maximum atomic E-state index is 12.0. The summed E-state index contributed by atoms with van der Waals surface area (Å²) in [5, 5.41) is 0. The fourth-order valence-electron chi connectivity index (χ4n) is 2.27. The summed E-state index contributed by atoms with van der Waals surface area (Å²) in [6.45, 7) is 0. The average molecular weight is 376 g/mol. The van der Waals surface area contributed by atoms with Gasteiger partial charge >= 0.3 is 5.97 Å². The van der Waals surface area contributed by atoms with E-state index in [0.29, 0.717) is 12.8 Å². The van der Waals surface area contributed by atoms with Crippen LogP contribution in [0.25, 0.3) is 0 Å². The summed E-state index contributed by atoms with van der Waals surface area (Å²) in [5.41, 5.74) is 1.23. The van der Waals surface area contributed by atoms with Crippen molar-refractivity contribution in [3.05, 3.63) is 65.5 Å². The van der Waals surface area contributed by atoms with Crippen LogP contribution in [0.5, 0.6) is 0 Å². The van der Waals surface area contributed by atoms with Gasteiger partial charge in [-0.2, -0.15) is 0 Å². The third-order valence-electron chi connectivity index (χ3n) is 3.64. The normalized spacial score (nSPS) is 11.0. The number of ether oxygens (including phenoxy) is 1. The van der Waals surface area contributed by atoms with E-state index in [-0.39, 0.29) is 17.0 Å². The Labute approximate surface area is 152 Å². The van der Waals surface area contributed by atoms with Crippen LogP contribution in [0.3, 0.4) is 0 Å². The molecule has 26 heavy (non-hydrogen) atoms. The van der Waals surface area contributed by atoms with Crippen molar-refractivity contribution < 1.29 is 22.7 Å². The zero-order valence-electron chi connectivity index (χ0n) is 14.3. The molecule has 0 spiro atoms. The number of carbonyl (C=O) groups excluding carboxylic acids is 2. The molecule has 0 aliphatic rings. The van der Waals surface area contributed by atoms with Gasteiger partial charge in [0, 0.05) is 6.20 Å². The molecule has 1 N–H and O–H groups in total. The molecule has 0 fully saturated rings. The van der Waals surface area contributed by atoms with Gasteiger partial charge in [0.15, 0.2) is 0 Å². The van der Waals surface area contributed by atoms with E-state index >= 15 is 0 Å². The Balaban J connectivity index is 1.83. The number of rotatable bonds is 8. The van der Waals surface area contributed by atoms with Crippen LogP contribution in [0, 0.1) is 0 Å². The number of methoxy groups -OCH3 is 1. The Morgan fingerprint density at radius 2 is 1.81 bits per heavy atom. The highest BCUT2D eigenvalue weighted by Gasteiger charge is 2.17. The SMILES string of the molecule is COC(=O)c1ccc(C(=O)NS(=O)(=O)CCCCc2ccccc2)cn1. The average Bonchev–Trinajstić information content (AvgIpc) is 2.65. The highest BCUT2D eigenvalue weighted by atomic mass is 32.2. The van der Waals surface area contributed by atoms with E-state index < -0.39 is 21.9 Å². The van der Waals surface area contributed by atoms with Crippen LogP contribution in [0.1, 0.15) is 39.3 Å². The first kappa shape index (κ1) is 19.6. The Hall–Kier alpha value is -2.74. The first-order valence-corrected chi connectivity index (χ1v) is 9.69. The predicted octanol–water partition coefficient (Wildman–Crippen LogP) is 1.95. The predicted molar refractivity (Wildman–Crippen MR) is 96.2 cm³/mol. The number of amides is 1. The number of nitrogens with one attached hydrogen (secondary N) is 1. The molecule has 0 saturated carbocycles. The van der Waals surface area contributed by atoms with Crippen molar-refractivity contribution in [2.24, 2.45) is 0 Å². The van der Waals surface area contributed by atoms with E-state index in [1.807, 2.05) is 35.1 Å². The lowest BCUT2D eigenvalue weighted by molar-refractivity contribution is 0.0593. The van der Waals surface area contributed by atoms with Gasteiger partial charge in [-0.3, -0.25) is 4.79 Å². The molecule has 2 aromatic rings. The maximum absolute atomic E-state index is 12.0. The van der Waals surface area contributed by atoms with Gasteiger partial charge in [-0.25, -0.2) is 22.9 Å². The van der Waals surface area contributed by atoms with Crippen LogP contribution >= 0.6 is 0 Å². The Morgan fingerprint density at radius 3 is 2.42 bits per heavy atom. The summed E-state index contributed by atoms with van der Waals surface area (Å²) in [6.07, 6.45) is 3.06. The lowest BCUT2D eigenvalue weighted by Crippen LogP contribution is -2.32. The lowest BCUT2D eigenvalue weighted by Gasteiger charge is -2.07. The van der Waals surface area contributed by atoms with Crippen LogP contribution in [-0.2, 0) is 21.2 Å². The van der Waals surface area contributed by atoms with Crippen molar-refractivity contribution in [2.75, 3.05) is 12.9 Å². The molecule has 2 rings (SSSR count). The summed E-state index contributed by atoms with van der Waals surface area (Å²) in [5.74, 6) is -1.56. The number of sulfonamides is 1. The first-order chi connectivity index (χ1) is 12.4. The number of nitrogens with zero attached hydrogens (tertiary/aromatic N) is 1. The minimum Gasteiger partial charge on any atom is -0.464 e. The second-order valence-electron chi connectivity index (χ2n) is 5.62. The number of hydrogen-bond donors (Lipinski definition) is 1. The third kappa shape index (κ3) is 5.96. The standard InChI is InChI=1S/C18H20N2O5S/c1-25-18(22)16-11-10-15(13-19-16)17(21)20-26(23,24)12-6-5-9-14-7-3-2-4-8-14/h2-4,7-8,10-11,13H,5-6,9,12H2,1H3,(H,20,21). The zero-order valence-corrected chi connectivity index (χ0v) is 15.2. The number of unbranched alkanes of at least 4 members (excludes halogenated alkanes) is 1. The topological polar surface area (TPSA) is 102 Å². The number of aromatic nitrogens is 1. The number of pyridine rings is 1. The summed E-state index contributed by atoms with van der Waals surface area (Å²) < 4.78 is 30.6. The van der Waals surface area contributed by atoms with Gasteiger partial charge in [0.2, 0.25) is 10.0 Å². The Morgan fingerprint density at radius 1 is 1.08 bits per heavy atom. The molecule has 138 valence electrons. The number of carbonyl (C=O) groups is 2. The van der Waals surface area contributed by atoms with Crippen molar-refractivity contribution in [1.82, 2.24) is 9.71 Å². The summed E-state index contributed by atoms with van der Waals surface area (Å²) >= 11 is 0. The van der Waals surface area contributed by atoms with Gasteiger partial charge in [0.05, 0.1) is 18.4 Å². The van der Waals surface area contributed by atoms with Gasteiger partial charge in [0.1, 0.15) is 5.69 Å². The highest BCUT2D eigenvalue weighted by molar-refractivity contribution is 7.90. The van der Waals surface area contributed by atoms with E-state index in [9.17, 15) is 18.0 Å². The summed E-state index contributed by atoms with van der Waals surface area (Å²) in [6, 6.07) is 12.4. The molecule has 7 nitrogen and oxygen atoms in total. The van der Waals surface area contributed by atoms with Crippen LogP contribution in [-0.4, -0.2) is 38.1 Å². The van der Waals surface area contributed by atoms with E-state index in [2.05, 4.69) is 9.72 Å². The monoisotopic (exact) mass is 376 g/mol. The molecule has 0 bridgehead atoms. The van der Waals surface area contributed by atoms with Gasteiger partial charge in [-0.15, -0.1) is 0 Å². The van der Waals surface area contributed by atoms with Crippen molar-refractivity contribution in [3.8, 4) is 0 Å². The third-order valence-corrected chi connectivity index (χ3v) is 4.96. The Bertz CT molecular complexity index is 849. The number of benzene rings is 1. The van der Waals surface area contributed by atoms with E-state index in [1.54, 1.807) is 0 Å². The molecule has 8 heteroatoms. The highest BCUT2D eigenvalue weighted by Crippen LogP contribution is 2.07. The molecular weight excluding hydrogens is 356 g/mol. The summed E-state index contributed by atoms with van der Waals surface area (Å²) in [7, 11) is -2.52. The largest absolute Gasteiger partial charge is 0.464 e. The molecule has 0 saturated heterocycles. The maximum Gasteiger partial charge on any atom is 0.356 e. The molecule has 1 aromatic heterocycles. The second-order valence-corrected chi connectivity index (χ2v) is 7.46. The van der Waals surface area contributed by atoms with Crippen molar-refractivity contribution in [3.63, 3.8) is 0 Å². The molecule has 1 aromatic carbocycles. The van der Waals surface area contributed by atoms with Crippen LogP contribution in [0.2, 0.25) is 0 Å². The van der Waals surface area contributed by atoms with E-state index in [4.69, 9.17) is 0 Å². The van der Waals surface area contributed by atoms with Crippen molar-refractivity contribution >= 4 is 21.9 Å². The van der Waals surface area contributed by atoms with Gasteiger partial charge < -0.3 is 4.74 Å². The molecule has 1 heterocycles. The number of hydrogen-bond acceptors (Lipinski definition) is 6. The van der Waals surface area contributed by atoms with Crippen molar-refractivity contribution in [2.45, 2.75) is 19.3 Å². The number of aryl methyl sites for hydroxylation is 1. The van der Waals surface area contributed by atoms with Crippen LogP contribution in [0.15, 0.2) is 48.7 Å². The molecule has 1 amide bonds. The van der Waals surface area contributed by atoms with E-state index in [0.717, 1.165) is 18.2 Å². The minimum absolute atomic E-state index is 0.0350. The Kier molecular flexibility index (Phi) is 6.85. The molecule has 0 atom stereocenters. The number of esters is 1.